The van der Waals surface area contributed by atoms with Gasteiger partial charge in [0.2, 0.25) is 0 Å². The average Bonchev–Trinajstić information content (AvgIpc) is 3.22. The van der Waals surface area contributed by atoms with Crippen molar-refractivity contribution in [3.63, 3.8) is 0 Å². The van der Waals surface area contributed by atoms with Crippen LogP contribution in [0.2, 0.25) is 0 Å². The van der Waals surface area contributed by atoms with E-state index < -0.39 is 35.0 Å². The Labute approximate surface area is 207 Å². The van der Waals surface area contributed by atoms with Gasteiger partial charge in [-0.2, -0.15) is 31.4 Å². The van der Waals surface area contributed by atoms with Gasteiger partial charge in [0, 0.05) is 24.4 Å². The fourth-order valence-corrected chi connectivity index (χ4v) is 3.89. The summed E-state index contributed by atoms with van der Waals surface area (Å²) in [5.74, 6) is 0.348. The van der Waals surface area contributed by atoms with Crippen molar-refractivity contribution in [3.8, 4) is 0 Å². The minimum absolute atomic E-state index is 0.0232. The van der Waals surface area contributed by atoms with E-state index in [0.29, 0.717) is 40.7 Å². The summed E-state index contributed by atoms with van der Waals surface area (Å²) in [7, 11) is 0. The molecule has 0 bridgehead atoms. The number of carbonyl (C=O) groups excluding carboxylic acids is 1. The van der Waals surface area contributed by atoms with Crippen LogP contribution in [-0.2, 0) is 18.9 Å². The Morgan fingerprint density at radius 1 is 0.972 bits per heavy atom. The molecule has 196 valence electrons. The second-order valence-corrected chi connectivity index (χ2v) is 8.85. The second-order valence-electron chi connectivity index (χ2n) is 7.79. The maximum Gasteiger partial charge on any atom is 0.416 e. The summed E-state index contributed by atoms with van der Waals surface area (Å²) >= 11 is 1.47. The van der Waals surface area contributed by atoms with Crippen LogP contribution in [0.1, 0.15) is 48.2 Å². The number of hydrogen-bond acceptors (Lipinski definition) is 6. The third kappa shape index (κ3) is 6.80. The molecule has 3 rings (SSSR count). The standard InChI is InChI=1S/C22H24F6N6OS/c1-3-5-29-17-16-12-31-34(18(16)33-20(32-17)36-8-4-2)7-6-30-19(35)13-9-14(21(23,24)25)11-15(10-13)22(26,27)28/h9-12H,3-8H2,1-2H3,(H,30,35)(H,29,32,33). The lowest BCUT2D eigenvalue weighted by Crippen LogP contribution is -2.28. The van der Waals surface area contributed by atoms with Crippen LogP contribution in [0.15, 0.2) is 29.6 Å². The molecule has 3 aromatic rings. The highest BCUT2D eigenvalue weighted by Gasteiger charge is 2.37. The van der Waals surface area contributed by atoms with Gasteiger partial charge in [-0.05, 0) is 31.0 Å². The summed E-state index contributed by atoms with van der Waals surface area (Å²) in [5, 5.41) is 11.0. The van der Waals surface area contributed by atoms with Crippen molar-refractivity contribution in [2.75, 3.05) is 24.2 Å². The number of nitrogens with one attached hydrogen (secondary N) is 2. The molecule has 1 amide bonds. The van der Waals surface area contributed by atoms with Crippen molar-refractivity contribution < 1.29 is 31.1 Å². The normalized spacial score (nSPS) is 12.2. The van der Waals surface area contributed by atoms with Crippen LogP contribution in [0, 0.1) is 0 Å². The van der Waals surface area contributed by atoms with Gasteiger partial charge in [0.05, 0.1) is 29.3 Å². The van der Waals surface area contributed by atoms with E-state index in [0.717, 1.165) is 18.6 Å². The molecule has 1 aromatic carbocycles. The van der Waals surface area contributed by atoms with E-state index in [9.17, 15) is 31.1 Å². The molecule has 2 heterocycles. The Balaban J connectivity index is 1.79. The van der Waals surface area contributed by atoms with Crippen LogP contribution in [0.3, 0.4) is 0 Å². The largest absolute Gasteiger partial charge is 0.416 e. The van der Waals surface area contributed by atoms with Gasteiger partial charge >= 0.3 is 12.4 Å². The number of carbonyl (C=O) groups is 1. The van der Waals surface area contributed by atoms with Gasteiger partial charge in [0.1, 0.15) is 5.82 Å². The highest BCUT2D eigenvalue weighted by atomic mass is 32.2. The number of alkyl halides is 6. The zero-order valence-corrected chi connectivity index (χ0v) is 20.2. The molecule has 0 atom stereocenters. The van der Waals surface area contributed by atoms with Crippen LogP contribution in [0.4, 0.5) is 32.2 Å². The first-order valence-electron chi connectivity index (χ1n) is 11.1. The zero-order chi connectivity index (χ0) is 26.5. The topological polar surface area (TPSA) is 84.7 Å². The van der Waals surface area contributed by atoms with Gasteiger partial charge in [-0.25, -0.2) is 14.6 Å². The Morgan fingerprint density at radius 3 is 2.22 bits per heavy atom. The molecule has 14 heteroatoms. The van der Waals surface area contributed by atoms with Crippen molar-refractivity contribution in [3.05, 3.63) is 41.1 Å². The molecule has 7 nitrogen and oxygen atoms in total. The van der Waals surface area contributed by atoms with E-state index in [2.05, 4.69) is 25.7 Å². The fraction of sp³-hybridized carbons (Fsp3) is 0.455. The van der Waals surface area contributed by atoms with Crippen molar-refractivity contribution in [2.24, 2.45) is 0 Å². The lowest BCUT2D eigenvalue weighted by Gasteiger charge is -2.14. The minimum Gasteiger partial charge on any atom is -0.369 e. The third-order valence-corrected chi connectivity index (χ3v) is 5.97. The number of aromatic nitrogens is 4. The number of nitrogens with zero attached hydrogens (tertiary/aromatic N) is 4. The summed E-state index contributed by atoms with van der Waals surface area (Å²) in [6.45, 7) is 4.69. The van der Waals surface area contributed by atoms with Crippen LogP contribution in [-0.4, -0.2) is 44.5 Å². The first-order chi connectivity index (χ1) is 16.9. The number of anilines is 1. The predicted octanol–water partition coefficient (Wildman–Crippen LogP) is 5.62. The molecular formula is C22H24F6N6OS. The Bertz CT molecular complexity index is 1180. The fourth-order valence-electron chi connectivity index (χ4n) is 3.20. The van der Waals surface area contributed by atoms with Gasteiger partial charge in [0.15, 0.2) is 10.8 Å². The van der Waals surface area contributed by atoms with Crippen molar-refractivity contribution in [1.82, 2.24) is 25.1 Å². The maximum atomic E-state index is 13.1. The van der Waals surface area contributed by atoms with Crippen molar-refractivity contribution in [2.45, 2.75) is 50.7 Å². The number of fused-ring (bicyclic) bond motifs is 1. The molecular weight excluding hydrogens is 510 g/mol. The van der Waals surface area contributed by atoms with Crippen molar-refractivity contribution >= 4 is 34.5 Å². The zero-order valence-electron chi connectivity index (χ0n) is 19.4. The van der Waals surface area contributed by atoms with E-state index in [1.165, 1.54) is 16.4 Å². The lowest BCUT2D eigenvalue weighted by atomic mass is 10.0. The first-order valence-corrected chi connectivity index (χ1v) is 12.1. The third-order valence-electron chi connectivity index (χ3n) is 4.91. The van der Waals surface area contributed by atoms with E-state index in [4.69, 9.17) is 0 Å². The molecule has 0 radical (unpaired) electrons. The highest BCUT2D eigenvalue weighted by Crippen LogP contribution is 2.36. The van der Waals surface area contributed by atoms with Crippen LogP contribution in [0.25, 0.3) is 11.0 Å². The molecule has 0 aliphatic rings. The second kappa shape index (κ2) is 11.4. The van der Waals surface area contributed by atoms with Crippen LogP contribution >= 0.6 is 11.8 Å². The molecule has 0 unspecified atom stereocenters. The Hall–Kier alpha value is -3.03. The van der Waals surface area contributed by atoms with Gasteiger partial charge in [-0.15, -0.1) is 0 Å². The molecule has 2 aromatic heterocycles. The number of rotatable bonds is 10. The SMILES string of the molecule is CCCNc1nc(SCCC)nc2c1cnn2CCNC(=O)c1cc(C(F)(F)F)cc(C(F)(F)F)c1. The van der Waals surface area contributed by atoms with E-state index in [-0.39, 0.29) is 19.2 Å². The Kier molecular flexibility index (Phi) is 8.69. The number of hydrogen-bond donors (Lipinski definition) is 2. The molecule has 0 aliphatic heterocycles. The van der Waals surface area contributed by atoms with E-state index in [1.807, 2.05) is 13.8 Å². The predicted molar refractivity (Wildman–Crippen MR) is 124 cm³/mol. The van der Waals surface area contributed by atoms with E-state index >= 15 is 0 Å². The summed E-state index contributed by atoms with van der Waals surface area (Å²) < 4.78 is 80.0. The van der Waals surface area contributed by atoms with Crippen LogP contribution < -0.4 is 10.6 Å². The average molecular weight is 535 g/mol. The van der Waals surface area contributed by atoms with Gasteiger partial charge in [-0.1, -0.05) is 25.6 Å². The molecule has 0 spiro atoms. The summed E-state index contributed by atoms with van der Waals surface area (Å²) in [6.07, 6.45) is -6.73. The molecule has 0 fully saturated rings. The lowest BCUT2D eigenvalue weighted by molar-refractivity contribution is -0.143. The summed E-state index contributed by atoms with van der Waals surface area (Å²) in [5.41, 5.74) is -3.35. The quantitative estimate of drug-likeness (QED) is 0.200. The number of amides is 1. The van der Waals surface area contributed by atoms with Gasteiger partial charge < -0.3 is 10.6 Å². The van der Waals surface area contributed by atoms with Gasteiger partial charge in [0.25, 0.3) is 5.91 Å². The number of benzene rings is 1. The monoisotopic (exact) mass is 534 g/mol. The minimum atomic E-state index is -5.04. The highest BCUT2D eigenvalue weighted by molar-refractivity contribution is 7.99. The molecule has 0 aliphatic carbocycles. The van der Waals surface area contributed by atoms with Crippen molar-refractivity contribution in [1.29, 1.82) is 0 Å². The summed E-state index contributed by atoms with van der Waals surface area (Å²) in [4.78, 5) is 21.5. The van der Waals surface area contributed by atoms with Crippen LogP contribution in [0.5, 0.6) is 0 Å². The number of halogens is 6. The molecule has 2 N–H and O–H groups in total. The van der Waals surface area contributed by atoms with E-state index in [1.54, 1.807) is 6.20 Å². The smallest absolute Gasteiger partial charge is 0.369 e. The first kappa shape index (κ1) is 27.6. The molecule has 0 saturated carbocycles. The summed E-state index contributed by atoms with van der Waals surface area (Å²) in [6, 6.07) is 0.763. The molecule has 0 saturated heterocycles. The van der Waals surface area contributed by atoms with Gasteiger partial charge in [-0.3, -0.25) is 4.79 Å². The molecule has 36 heavy (non-hydrogen) atoms. The Morgan fingerprint density at radius 2 is 1.64 bits per heavy atom. The maximum absolute atomic E-state index is 13.1. The number of thioether (sulfide) groups is 1.